The molecule has 4 nitrogen and oxygen atoms in total. The third kappa shape index (κ3) is 3.27. The molecule has 0 aliphatic rings. The monoisotopic (exact) mass is 182 g/mol. The van der Waals surface area contributed by atoms with Crippen molar-refractivity contribution < 1.29 is 9.47 Å². The van der Waals surface area contributed by atoms with Gasteiger partial charge in [0.15, 0.2) is 0 Å². The fourth-order valence-electron chi connectivity index (χ4n) is 0.785. The van der Waals surface area contributed by atoms with Gasteiger partial charge in [0, 0.05) is 12.1 Å². The van der Waals surface area contributed by atoms with Crippen LogP contribution in [0.4, 0.5) is 0 Å². The van der Waals surface area contributed by atoms with E-state index in [-0.39, 0.29) is 5.60 Å². The summed E-state index contributed by atoms with van der Waals surface area (Å²) in [6.07, 6.45) is 0. The lowest BCUT2D eigenvalue weighted by molar-refractivity contribution is 0.122. The largest absolute Gasteiger partial charge is 0.480 e. The molecule has 0 amide bonds. The summed E-state index contributed by atoms with van der Waals surface area (Å²) in [6, 6.07) is 3.45. The average molecular weight is 182 g/mol. The van der Waals surface area contributed by atoms with Gasteiger partial charge in [-0.3, -0.25) is 0 Å². The molecule has 0 spiro atoms. The molecule has 1 rings (SSSR count). The van der Waals surface area contributed by atoms with Crippen molar-refractivity contribution in [3.8, 4) is 11.8 Å². The highest BCUT2D eigenvalue weighted by atomic mass is 16.5. The van der Waals surface area contributed by atoms with Crippen molar-refractivity contribution in [2.45, 2.75) is 26.4 Å². The smallest absolute Gasteiger partial charge is 0.234 e. The topological polar surface area (TPSA) is 44.2 Å². The number of ether oxygens (including phenoxy) is 2. The molecule has 13 heavy (non-hydrogen) atoms. The minimum Gasteiger partial charge on any atom is -0.480 e. The molecule has 0 aliphatic carbocycles. The van der Waals surface area contributed by atoms with E-state index in [1.165, 1.54) is 0 Å². The first-order valence-corrected chi connectivity index (χ1v) is 4.08. The fraction of sp³-hybridized carbons (Fsp3) is 0.556. The highest BCUT2D eigenvalue weighted by Crippen LogP contribution is 2.15. The summed E-state index contributed by atoms with van der Waals surface area (Å²) in [7, 11) is 1.55. The molecule has 0 saturated heterocycles. The molecule has 1 aromatic rings. The Bertz CT molecular complexity index is 264. The van der Waals surface area contributed by atoms with Crippen LogP contribution in [0.25, 0.3) is 0 Å². The van der Waals surface area contributed by atoms with E-state index in [0.717, 1.165) is 0 Å². The number of rotatable bonds is 2. The Morgan fingerprint density at radius 1 is 1.08 bits per heavy atom. The lowest BCUT2D eigenvalue weighted by Gasteiger charge is -2.19. The minimum atomic E-state index is -0.247. The molecule has 72 valence electrons. The molecule has 0 fully saturated rings. The lowest BCUT2D eigenvalue weighted by atomic mass is 10.2. The standard InChI is InChI=1S/C9H14N2O2/c1-9(2,3)13-8-6-5-7(12-4)10-11-8/h5-6H,1-4H3. The molecular weight excluding hydrogens is 168 g/mol. The third-order valence-electron chi connectivity index (χ3n) is 1.24. The molecule has 0 unspecified atom stereocenters. The van der Waals surface area contributed by atoms with Crippen molar-refractivity contribution in [3.63, 3.8) is 0 Å². The summed E-state index contributed by atoms with van der Waals surface area (Å²) in [5, 5.41) is 7.62. The highest BCUT2D eigenvalue weighted by Gasteiger charge is 2.12. The Hall–Kier alpha value is -1.32. The summed E-state index contributed by atoms with van der Waals surface area (Å²) < 4.78 is 10.3. The van der Waals surface area contributed by atoms with Crippen LogP contribution in [0.1, 0.15) is 20.8 Å². The molecule has 0 radical (unpaired) electrons. The van der Waals surface area contributed by atoms with Gasteiger partial charge in [-0.25, -0.2) is 0 Å². The number of methoxy groups -OCH3 is 1. The Labute approximate surface area is 77.9 Å². The van der Waals surface area contributed by atoms with Crippen LogP contribution in [-0.2, 0) is 0 Å². The molecular formula is C9H14N2O2. The van der Waals surface area contributed by atoms with Gasteiger partial charge in [0.05, 0.1) is 7.11 Å². The van der Waals surface area contributed by atoms with Gasteiger partial charge in [-0.15, -0.1) is 10.2 Å². The summed E-state index contributed by atoms with van der Waals surface area (Å²) in [5.41, 5.74) is -0.247. The number of hydrogen-bond donors (Lipinski definition) is 0. The van der Waals surface area contributed by atoms with Crippen molar-refractivity contribution >= 4 is 0 Å². The SMILES string of the molecule is COc1ccc(OC(C)(C)C)nn1. The second-order valence-corrected chi connectivity index (χ2v) is 3.63. The van der Waals surface area contributed by atoms with Crippen molar-refractivity contribution in [1.82, 2.24) is 10.2 Å². The van der Waals surface area contributed by atoms with Gasteiger partial charge in [0.1, 0.15) is 5.60 Å². The highest BCUT2D eigenvalue weighted by molar-refractivity contribution is 5.15. The quantitative estimate of drug-likeness (QED) is 0.697. The van der Waals surface area contributed by atoms with Gasteiger partial charge < -0.3 is 9.47 Å². The molecule has 0 aromatic carbocycles. The minimum absolute atomic E-state index is 0.247. The van der Waals surface area contributed by atoms with Crippen molar-refractivity contribution in [3.05, 3.63) is 12.1 Å². The van der Waals surface area contributed by atoms with E-state index in [4.69, 9.17) is 9.47 Å². The van der Waals surface area contributed by atoms with Gasteiger partial charge in [0.25, 0.3) is 0 Å². The summed E-state index contributed by atoms with van der Waals surface area (Å²) >= 11 is 0. The number of aromatic nitrogens is 2. The Kier molecular flexibility index (Phi) is 2.70. The Morgan fingerprint density at radius 3 is 2.00 bits per heavy atom. The van der Waals surface area contributed by atoms with E-state index in [1.54, 1.807) is 19.2 Å². The van der Waals surface area contributed by atoms with Gasteiger partial charge >= 0.3 is 0 Å². The third-order valence-corrected chi connectivity index (χ3v) is 1.24. The average Bonchev–Trinajstić information content (AvgIpc) is 2.03. The number of nitrogens with zero attached hydrogens (tertiary/aromatic N) is 2. The second-order valence-electron chi connectivity index (χ2n) is 3.63. The van der Waals surface area contributed by atoms with Crippen LogP contribution in [0.3, 0.4) is 0 Å². The summed E-state index contributed by atoms with van der Waals surface area (Å²) in [6.45, 7) is 5.87. The molecule has 0 N–H and O–H groups in total. The van der Waals surface area contributed by atoms with Crippen molar-refractivity contribution in [2.75, 3.05) is 7.11 Å². The van der Waals surface area contributed by atoms with E-state index in [1.807, 2.05) is 20.8 Å². The molecule has 0 saturated carbocycles. The zero-order chi connectivity index (χ0) is 9.90. The van der Waals surface area contributed by atoms with Gasteiger partial charge in [-0.05, 0) is 20.8 Å². The Balaban J connectivity index is 2.70. The van der Waals surface area contributed by atoms with E-state index in [0.29, 0.717) is 11.8 Å². The van der Waals surface area contributed by atoms with E-state index in [2.05, 4.69) is 10.2 Å². The van der Waals surface area contributed by atoms with Crippen LogP contribution in [0.15, 0.2) is 12.1 Å². The number of hydrogen-bond acceptors (Lipinski definition) is 4. The van der Waals surface area contributed by atoms with Crippen LogP contribution in [0, 0.1) is 0 Å². The summed E-state index contributed by atoms with van der Waals surface area (Å²) in [5.74, 6) is 0.995. The molecule has 0 atom stereocenters. The molecule has 0 bridgehead atoms. The van der Waals surface area contributed by atoms with E-state index in [9.17, 15) is 0 Å². The van der Waals surface area contributed by atoms with Crippen LogP contribution >= 0.6 is 0 Å². The first-order valence-electron chi connectivity index (χ1n) is 4.08. The van der Waals surface area contributed by atoms with Gasteiger partial charge in [-0.2, -0.15) is 0 Å². The maximum Gasteiger partial charge on any atom is 0.234 e. The fourth-order valence-corrected chi connectivity index (χ4v) is 0.785. The first kappa shape index (κ1) is 9.77. The van der Waals surface area contributed by atoms with Crippen LogP contribution in [0.2, 0.25) is 0 Å². The lowest BCUT2D eigenvalue weighted by Crippen LogP contribution is -2.23. The molecule has 0 aliphatic heterocycles. The first-order chi connectivity index (χ1) is 6.01. The maximum atomic E-state index is 5.47. The summed E-state index contributed by atoms with van der Waals surface area (Å²) in [4.78, 5) is 0. The normalized spacial score (nSPS) is 11.1. The van der Waals surface area contributed by atoms with Crippen LogP contribution in [0.5, 0.6) is 11.8 Å². The van der Waals surface area contributed by atoms with Gasteiger partial charge in [-0.1, -0.05) is 0 Å². The predicted molar refractivity (Wildman–Crippen MR) is 49.0 cm³/mol. The van der Waals surface area contributed by atoms with Crippen LogP contribution < -0.4 is 9.47 Å². The van der Waals surface area contributed by atoms with Crippen molar-refractivity contribution in [1.29, 1.82) is 0 Å². The molecule has 1 aromatic heterocycles. The van der Waals surface area contributed by atoms with Crippen molar-refractivity contribution in [2.24, 2.45) is 0 Å². The second kappa shape index (κ2) is 3.60. The van der Waals surface area contributed by atoms with Gasteiger partial charge in [0.2, 0.25) is 11.8 Å². The Morgan fingerprint density at radius 2 is 1.62 bits per heavy atom. The van der Waals surface area contributed by atoms with E-state index < -0.39 is 0 Å². The molecule has 4 heteroatoms. The maximum absolute atomic E-state index is 5.47. The van der Waals surface area contributed by atoms with Crippen LogP contribution in [-0.4, -0.2) is 22.9 Å². The molecule has 1 heterocycles. The van der Waals surface area contributed by atoms with E-state index >= 15 is 0 Å². The zero-order valence-electron chi connectivity index (χ0n) is 8.37. The predicted octanol–water partition coefficient (Wildman–Crippen LogP) is 1.66. The zero-order valence-corrected chi connectivity index (χ0v) is 8.37.